The number of aryl methyl sites for hydroxylation is 1. The van der Waals surface area contributed by atoms with Crippen molar-refractivity contribution in [1.82, 2.24) is 20.1 Å². The van der Waals surface area contributed by atoms with Crippen molar-refractivity contribution >= 4 is 5.91 Å². The normalized spacial score (nSPS) is 11.6. The van der Waals surface area contributed by atoms with Crippen molar-refractivity contribution in [2.24, 2.45) is 11.1 Å². The Hall–Kier alpha value is -1.43. The molecule has 6 heteroatoms. The molecule has 0 aliphatic heterocycles. The van der Waals surface area contributed by atoms with Crippen LogP contribution in [0.3, 0.4) is 0 Å². The highest BCUT2D eigenvalue weighted by Gasteiger charge is 2.20. The minimum atomic E-state index is 0.117. The van der Waals surface area contributed by atoms with E-state index in [1.54, 1.807) is 11.9 Å². The summed E-state index contributed by atoms with van der Waals surface area (Å²) in [5.41, 5.74) is 5.69. The number of H-pyrrole nitrogens is 1. The van der Waals surface area contributed by atoms with Gasteiger partial charge in [0.05, 0.1) is 6.54 Å². The van der Waals surface area contributed by atoms with Gasteiger partial charge >= 0.3 is 0 Å². The van der Waals surface area contributed by atoms with Crippen molar-refractivity contribution in [2.45, 2.75) is 46.6 Å². The van der Waals surface area contributed by atoms with Gasteiger partial charge in [0, 0.05) is 13.5 Å². The van der Waals surface area contributed by atoms with Crippen LogP contribution in [0.15, 0.2) is 0 Å². The van der Waals surface area contributed by atoms with Gasteiger partial charge in [-0.15, -0.1) is 0 Å². The molecule has 3 N–H and O–H groups in total. The second-order valence-corrected chi connectivity index (χ2v) is 5.79. The van der Waals surface area contributed by atoms with Gasteiger partial charge in [0.1, 0.15) is 5.82 Å². The van der Waals surface area contributed by atoms with Crippen molar-refractivity contribution in [3.63, 3.8) is 0 Å². The molecule has 0 aliphatic rings. The van der Waals surface area contributed by atoms with Crippen LogP contribution in [0.1, 0.15) is 44.8 Å². The number of hydrogen-bond donors (Lipinski definition) is 2. The summed E-state index contributed by atoms with van der Waals surface area (Å²) in [5, 5.41) is 6.80. The second kappa shape index (κ2) is 6.65. The van der Waals surface area contributed by atoms with E-state index in [0.29, 0.717) is 25.3 Å². The van der Waals surface area contributed by atoms with Crippen LogP contribution in [0.2, 0.25) is 0 Å². The van der Waals surface area contributed by atoms with Crippen molar-refractivity contribution in [3.05, 3.63) is 11.6 Å². The third kappa shape index (κ3) is 5.38. The molecule has 0 radical (unpaired) electrons. The average molecular weight is 267 g/mol. The lowest BCUT2D eigenvalue weighted by Gasteiger charge is -2.24. The van der Waals surface area contributed by atoms with Gasteiger partial charge in [-0.3, -0.25) is 9.89 Å². The summed E-state index contributed by atoms with van der Waals surface area (Å²) in [5.74, 6) is 1.53. The zero-order valence-corrected chi connectivity index (χ0v) is 12.4. The zero-order chi connectivity index (χ0) is 14.5. The average Bonchev–Trinajstić information content (AvgIpc) is 2.71. The number of rotatable bonds is 7. The van der Waals surface area contributed by atoms with Crippen molar-refractivity contribution < 1.29 is 4.79 Å². The molecule has 1 rings (SSSR count). The number of nitrogens with two attached hydrogens (primary N) is 1. The lowest BCUT2D eigenvalue weighted by Crippen LogP contribution is -2.28. The van der Waals surface area contributed by atoms with Gasteiger partial charge < -0.3 is 10.6 Å². The summed E-state index contributed by atoms with van der Waals surface area (Å²) in [6.07, 6.45) is 2.32. The predicted octanol–water partition coefficient (Wildman–Crippen LogP) is 1.23. The van der Waals surface area contributed by atoms with Crippen LogP contribution < -0.4 is 5.73 Å². The lowest BCUT2D eigenvalue weighted by molar-refractivity contribution is -0.131. The Kier molecular flexibility index (Phi) is 5.47. The first kappa shape index (κ1) is 15.6. The number of carbonyl (C=O) groups excluding carboxylic acids is 1. The van der Waals surface area contributed by atoms with Crippen LogP contribution in [0.25, 0.3) is 0 Å². The second-order valence-electron chi connectivity index (χ2n) is 5.79. The highest BCUT2D eigenvalue weighted by molar-refractivity contribution is 5.75. The molecular formula is C13H25N5O. The molecule has 1 aromatic rings. The van der Waals surface area contributed by atoms with Crippen LogP contribution in [-0.2, 0) is 11.3 Å². The van der Waals surface area contributed by atoms with Crippen LogP contribution >= 0.6 is 0 Å². The fraction of sp³-hybridized carbons (Fsp3) is 0.769. The van der Waals surface area contributed by atoms with E-state index in [-0.39, 0.29) is 11.3 Å². The molecule has 0 spiro atoms. The summed E-state index contributed by atoms with van der Waals surface area (Å²) in [4.78, 5) is 17.9. The zero-order valence-electron chi connectivity index (χ0n) is 12.4. The van der Waals surface area contributed by atoms with Crippen molar-refractivity contribution in [2.75, 3.05) is 13.6 Å². The molecule has 0 bridgehead atoms. The number of nitrogens with one attached hydrogen (secondary N) is 1. The SMILES string of the molecule is Cc1nc(CN(C)C(=O)CCC(C)(C)CCN)n[nH]1. The Morgan fingerprint density at radius 2 is 2.11 bits per heavy atom. The van der Waals surface area contributed by atoms with E-state index in [4.69, 9.17) is 5.73 Å². The highest BCUT2D eigenvalue weighted by Crippen LogP contribution is 2.26. The molecule has 19 heavy (non-hydrogen) atoms. The standard InChI is InChI=1S/C13H25N5O/c1-10-15-11(17-16-10)9-18(4)12(19)5-6-13(2,3)7-8-14/h5-9,14H2,1-4H3,(H,15,16,17). The van der Waals surface area contributed by atoms with E-state index < -0.39 is 0 Å². The summed E-state index contributed by atoms with van der Waals surface area (Å²) < 4.78 is 0. The molecule has 0 atom stereocenters. The Morgan fingerprint density at radius 3 is 2.63 bits per heavy atom. The number of hydrogen-bond acceptors (Lipinski definition) is 4. The first-order chi connectivity index (χ1) is 8.84. The van der Waals surface area contributed by atoms with E-state index in [0.717, 1.165) is 18.7 Å². The fourth-order valence-electron chi connectivity index (χ4n) is 1.91. The van der Waals surface area contributed by atoms with E-state index in [9.17, 15) is 4.79 Å². The van der Waals surface area contributed by atoms with Crippen molar-refractivity contribution in [3.8, 4) is 0 Å². The molecular weight excluding hydrogens is 242 g/mol. The summed E-state index contributed by atoms with van der Waals surface area (Å²) in [7, 11) is 1.78. The van der Waals surface area contributed by atoms with Gasteiger partial charge in [-0.2, -0.15) is 5.10 Å². The first-order valence-electron chi connectivity index (χ1n) is 6.66. The summed E-state index contributed by atoms with van der Waals surface area (Å²) >= 11 is 0. The summed E-state index contributed by atoms with van der Waals surface area (Å²) in [6.45, 7) is 7.24. The largest absolute Gasteiger partial charge is 0.338 e. The molecule has 0 saturated heterocycles. The van der Waals surface area contributed by atoms with E-state index in [1.807, 2.05) is 6.92 Å². The van der Waals surface area contributed by atoms with Gasteiger partial charge in [0.15, 0.2) is 5.82 Å². The molecule has 1 aromatic heterocycles. The maximum Gasteiger partial charge on any atom is 0.222 e. The summed E-state index contributed by atoms with van der Waals surface area (Å²) in [6, 6.07) is 0. The Balaban J connectivity index is 2.40. The van der Waals surface area contributed by atoms with Gasteiger partial charge in [-0.05, 0) is 31.7 Å². The highest BCUT2D eigenvalue weighted by atomic mass is 16.2. The monoisotopic (exact) mass is 267 g/mol. The molecule has 0 aromatic carbocycles. The van der Waals surface area contributed by atoms with Gasteiger partial charge in [-0.1, -0.05) is 13.8 Å². The number of carbonyl (C=O) groups is 1. The number of aromatic nitrogens is 3. The quantitative estimate of drug-likeness (QED) is 0.777. The lowest BCUT2D eigenvalue weighted by atomic mass is 9.84. The smallest absolute Gasteiger partial charge is 0.222 e. The van der Waals surface area contributed by atoms with Crippen molar-refractivity contribution in [1.29, 1.82) is 0 Å². The maximum atomic E-state index is 12.0. The number of aromatic amines is 1. The van der Waals surface area contributed by atoms with E-state index in [1.165, 1.54) is 0 Å². The van der Waals surface area contributed by atoms with Crippen LogP contribution in [0.5, 0.6) is 0 Å². The molecule has 108 valence electrons. The molecule has 1 heterocycles. The Labute approximate surface area is 114 Å². The van der Waals surface area contributed by atoms with Gasteiger partial charge in [-0.25, -0.2) is 4.98 Å². The molecule has 0 aliphatic carbocycles. The Morgan fingerprint density at radius 1 is 1.42 bits per heavy atom. The van der Waals surface area contributed by atoms with Crippen LogP contribution in [0.4, 0.5) is 0 Å². The molecule has 0 fully saturated rings. The van der Waals surface area contributed by atoms with E-state index >= 15 is 0 Å². The fourth-order valence-corrected chi connectivity index (χ4v) is 1.91. The predicted molar refractivity (Wildman–Crippen MR) is 74.3 cm³/mol. The third-order valence-corrected chi connectivity index (χ3v) is 3.28. The molecule has 1 amide bonds. The van der Waals surface area contributed by atoms with Crippen LogP contribution in [0, 0.1) is 12.3 Å². The van der Waals surface area contributed by atoms with Gasteiger partial charge in [0.25, 0.3) is 0 Å². The minimum Gasteiger partial charge on any atom is -0.338 e. The van der Waals surface area contributed by atoms with E-state index in [2.05, 4.69) is 29.0 Å². The minimum absolute atomic E-state index is 0.117. The first-order valence-corrected chi connectivity index (χ1v) is 6.66. The third-order valence-electron chi connectivity index (χ3n) is 3.28. The van der Waals surface area contributed by atoms with Crippen LogP contribution in [-0.4, -0.2) is 39.6 Å². The maximum absolute atomic E-state index is 12.0. The topological polar surface area (TPSA) is 87.9 Å². The number of amides is 1. The molecule has 0 saturated carbocycles. The molecule has 0 unspecified atom stereocenters. The Bertz CT molecular complexity index is 413. The number of nitrogens with zero attached hydrogens (tertiary/aromatic N) is 3. The molecule has 6 nitrogen and oxygen atoms in total. The van der Waals surface area contributed by atoms with Gasteiger partial charge in [0.2, 0.25) is 5.91 Å².